The van der Waals surface area contributed by atoms with Crippen LogP contribution in [-0.2, 0) is 12.8 Å². The van der Waals surface area contributed by atoms with E-state index in [-0.39, 0.29) is 5.91 Å². The Morgan fingerprint density at radius 2 is 2.35 bits per heavy atom. The van der Waals surface area contributed by atoms with Gasteiger partial charge in [-0.3, -0.25) is 4.79 Å². The van der Waals surface area contributed by atoms with Crippen LogP contribution in [-0.4, -0.2) is 22.0 Å². The van der Waals surface area contributed by atoms with E-state index in [0.29, 0.717) is 4.88 Å². The van der Waals surface area contributed by atoms with Crippen molar-refractivity contribution in [2.24, 2.45) is 0 Å². The molecule has 0 spiro atoms. The Bertz CT molecular complexity index is 656. The lowest BCUT2D eigenvalue weighted by Crippen LogP contribution is -2.35. The van der Waals surface area contributed by atoms with Crippen molar-refractivity contribution < 1.29 is 4.79 Å². The average molecular weight is 352 g/mol. The summed E-state index contributed by atoms with van der Waals surface area (Å²) in [6.45, 7) is 2.75. The molecular weight excluding hydrogens is 338 g/mol. The van der Waals surface area contributed by atoms with Crippen molar-refractivity contribution in [1.29, 1.82) is 0 Å². The van der Waals surface area contributed by atoms with Crippen LogP contribution < -0.4 is 4.90 Å². The lowest BCUT2D eigenvalue weighted by molar-refractivity contribution is 0.0988. The van der Waals surface area contributed by atoms with Gasteiger partial charge in [-0.15, -0.1) is 5.10 Å². The van der Waals surface area contributed by atoms with E-state index in [9.17, 15) is 4.79 Å². The highest BCUT2D eigenvalue weighted by Gasteiger charge is 2.26. The predicted molar refractivity (Wildman–Crippen MR) is 83.4 cm³/mol. The molecule has 0 unspecified atom stereocenters. The van der Waals surface area contributed by atoms with Gasteiger partial charge in [0.1, 0.15) is 4.88 Å². The fourth-order valence-corrected chi connectivity index (χ4v) is 3.61. The van der Waals surface area contributed by atoms with Crippen LogP contribution in [0.4, 0.5) is 5.69 Å². The first-order chi connectivity index (χ1) is 9.70. The van der Waals surface area contributed by atoms with Crippen LogP contribution in [0.1, 0.15) is 34.3 Å². The van der Waals surface area contributed by atoms with Crippen LogP contribution in [0.5, 0.6) is 0 Å². The monoisotopic (exact) mass is 351 g/mol. The van der Waals surface area contributed by atoms with Crippen LogP contribution in [0.15, 0.2) is 22.7 Å². The Morgan fingerprint density at radius 1 is 1.50 bits per heavy atom. The highest BCUT2D eigenvalue weighted by atomic mass is 79.9. The number of carbonyl (C=O) groups excluding carboxylic acids is 1. The fourth-order valence-electron chi connectivity index (χ4n) is 2.50. The third-order valence-corrected chi connectivity index (χ3v) is 4.74. The van der Waals surface area contributed by atoms with Gasteiger partial charge in [0.15, 0.2) is 0 Å². The molecule has 0 saturated heterocycles. The first kappa shape index (κ1) is 13.7. The Hall–Kier alpha value is -1.27. The summed E-state index contributed by atoms with van der Waals surface area (Å²) in [7, 11) is 0. The zero-order valence-electron chi connectivity index (χ0n) is 11.1. The number of hydrogen-bond acceptors (Lipinski definition) is 4. The molecule has 0 bridgehead atoms. The second kappa shape index (κ2) is 5.61. The lowest BCUT2D eigenvalue weighted by atomic mass is 10.0. The topological polar surface area (TPSA) is 46.1 Å². The van der Waals surface area contributed by atoms with E-state index in [4.69, 9.17) is 0 Å². The number of halogens is 1. The first-order valence-electron chi connectivity index (χ1n) is 6.62. The van der Waals surface area contributed by atoms with Crippen molar-refractivity contribution in [3.63, 3.8) is 0 Å². The predicted octanol–water partition coefficient (Wildman–Crippen LogP) is 3.46. The zero-order chi connectivity index (χ0) is 14.1. The molecule has 0 atom stereocenters. The van der Waals surface area contributed by atoms with Gasteiger partial charge in [-0.2, -0.15) is 0 Å². The number of carbonyl (C=O) groups is 1. The summed E-state index contributed by atoms with van der Waals surface area (Å²) < 4.78 is 4.97. The van der Waals surface area contributed by atoms with Gasteiger partial charge in [0.25, 0.3) is 5.91 Å². The molecule has 6 heteroatoms. The van der Waals surface area contributed by atoms with E-state index >= 15 is 0 Å². The molecule has 0 saturated carbocycles. The second-order valence-electron chi connectivity index (χ2n) is 4.74. The molecule has 104 valence electrons. The number of aryl methyl sites for hydroxylation is 2. The molecule has 1 aliphatic heterocycles. The van der Waals surface area contributed by atoms with E-state index in [0.717, 1.165) is 41.7 Å². The van der Waals surface area contributed by atoms with Crippen LogP contribution in [0, 0.1) is 0 Å². The smallest absolute Gasteiger partial charge is 0.271 e. The molecule has 1 aliphatic rings. The summed E-state index contributed by atoms with van der Waals surface area (Å²) >= 11 is 4.68. The van der Waals surface area contributed by atoms with E-state index in [1.54, 1.807) is 0 Å². The Balaban J connectivity index is 1.98. The quantitative estimate of drug-likeness (QED) is 0.832. The van der Waals surface area contributed by atoms with Crippen LogP contribution in [0.3, 0.4) is 0 Å². The van der Waals surface area contributed by atoms with Crippen molar-refractivity contribution >= 4 is 39.1 Å². The third kappa shape index (κ3) is 2.38. The van der Waals surface area contributed by atoms with E-state index in [1.165, 1.54) is 17.1 Å². The van der Waals surface area contributed by atoms with Gasteiger partial charge in [0.05, 0.1) is 5.69 Å². The SMILES string of the molecule is CCc1nnsc1C(=O)N1CCCc2cc(Br)ccc21. The van der Waals surface area contributed by atoms with Crippen molar-refractivity contribution in [1.82, 2.24) is 9.59 Å². The standard InChI is InChI=1S/C14H14BrN3OS/c1-2-11-13(20-17-16-11)14(19)18-7-3-4-9-8-10(15)5-6-12(9)18/h5-6,8H,2-4,7H2,1H3. The number of amides is 1. The van der Waals surface area contributed by atoms with Crippen LogP contribution in [0.2, 0.25) is 0 Å². The highest BCUT2D eigenvalue weighted by molar-refractivity contribution is 9.10. The van der Waals surface area contributed by atoms with Gasteiger partial charge in [-0.1, -0.05) is 27.3 Å². The molecule has 0 radical (unpaired) electrons. The highest BCUT2D eigenvalue weighted by Crippen LogP contribution is 2.31. The molecule has 1 amide bonds. The van der Waals surface area contributed by atoms with Crippen molar-refractivity contribution in [3.05, 3.63) is 38.8 Å². The molecule has 1 aromatic heterocycles. The normalized spacial score (nSPS) is 14.2. The summed E-state index contributed by atoms with van der Waals surface area (Å²) in [5.74, 6) is 0.0279. The molecule has 0 fully saturated rings. The Morgan fingerprint density at radius 3 is 3.15 bits per heavy atom. The van der Waals surface area contributed by atoms with Crippen molar-refractivity contribution in [3.8, 4) is 0 Å². The van der Waals surface area contributed by atoms with Gasteiger partial charge < -0.3 is 4.90 Å². The molecule has 2 heterocycles. The van der Waals surface area contributed by atoms with E-state index in [2.05, 4.69) is 31.6 Å². The molecular formula is C14H14BrN3OS. The zero-order valence-corrected chi connectivity index (χ0v) is 13.5. The van der Waals surface area contributed by atoms with Gasteiger partial charge in [0.2, 0.25) is 0 Å². The minimum atomic E-state index is 0.0279. The molecule has 2 aromatic rings. The largest absolute Gasteiger partial charge is 0.307 e. The second-order valence-corrected chi connectivity index (χ2v) is 6.41. The summed E-state index contributed by atoms with van der Waals surface area (Å²) in [6.07, 6.45) is 2.74. The average Bonchev–Trinajstić information content (AvgIpc) is 2.94. The van der Waals surface area contributed by atoms with Gasteiger partial charge in [-0.25, -0.2) is 0 Å². The third-order valence-electron chi connectivity index (χ3n) is 3.49. The minimum Gasteiger partial charge on any atom is -0.307 e. The van der Waals surface area contributed by atoms with Crippen molar-refractivity contribution in [2.45, 2.75) is 26.2 Å². The summed E-state index contributed by atoms with van der Waals surface area (Å²) in [5, 5.41) is 4.03. The summed E-state index contributed by atoms with van der Waals surface area (Å²) in [6, 6.07) is 6.09. The van der Waals surface area contributed by atoms with Gasteiger partial charge >= 0.3 is 0 Å². The molecule has 20 heavy (non-hydrogen) atoms. The summed E-state index contributed by atoms with van der Waals surface area (Å²) in [4.78, 5) is 15.3. The van der Waals surface area contributed by atoms with Crippen LogP contribution >= 0.6 is 27.5 Å². The van der Waals surface area contributed by atoms with Crippen LogP contribution in [0.25, 0.3) is 0 Å². The number of fused-ring (bicyclic) bond motifs is 1. The maximum atomic E-state index is 12.7. The van der Waals surface area contributed by atoms with E-state index in [1.807, 2.05) is 24.0 Å². The van der Waals surface area contributed by atoms with Gasteiger partial charge in [-0.05, 0) is 54.6 Å². The maximum Gasteiger partial charge on any atom is 0.271 e. The van der Waals surface area contributed by atoms with E-state index < -0.39 is 0 Å². The summed E-state index contributed by atoms with van der Waals surface area (Å²) in [5.41, 5.74) is 3.03. The molecule has 1 aromatic carbocycles. The number of aromatic nitrogens is 2. The molecule has 3 rings (SSSR count). The molecule has 0 aliphatic carbocycles. The Kier molecular flexibility index (Phi) is 3.85. The lowest BCUT2D eigenvalue weighted by Gasteiger charge is -2.29. The first-order valence-corrected chi connectivity index (χ1v) is 8.19. The number of hydrogen-bond donors (Lipinski definition) is 0. The molecule has 4 nitrogen and oxygen atoms in total. The maximum absolute atomic E-state index is 12.7. The minimum absolute atomic E-state index is 0.0279. The van der Waals surface area contributed by atoms with Gasteiger partial charge in [0, 0.05) is 16.7 Å². The number of anilines is 1. The molecule has 0 N–H and O–H groups in total. The number of benzene rings is 1. The number of rotatable bonds is 2. The Labute approximate surface area is 130 Å². The number of nitrogens with zero attached hydrogens (tertiary/aromatic N) is 3. The van der Waals surface area contributed by atoms with Crippen molar-refractivity contribution in [2.75, 3.05) is 11.4 Å². The fraction of sp³-hybridized carbons (Fsp3) is 0.357.